The number of piperidine rings is 1. The molecule has 1 saturated heterocycles. The summed E-state index contributed by atoms with van der Waals surface area (Å²) < 4.78 is 0. The molecule has 2 aromatic rings. The SMILES string of the molecule is O=C1CCCCc2cc(C(=O)N3CCC(c4ccncc4)CC3)ccc21. The topological polar surface area (TPSA) is 50.3 Å². The van der Waals surface area contributed by atoms with E-state index in [2.05, 4.69) is 17.1 Å². The third-order valence-corrected chi connectivity index (χ3v) is 5.71. The molecule has 134 valence electrons. The average molecular weight is 348 g/mol. The van der Waals surface area contributed by atoms with Crippen molar-refractivity contribution in [1.82, 2.24) is 9.88 Å². The first-order valence-electron chi connectivity index (χ1n) is 9.58. The molecular formula is C22H24N2O2. The molecule has 4 nitrogen and oxygen atoms in total. The number of benzene rings is 1. The number of likely N-dealkylation sites (tertiary alicyclic amines) is 1. The largest absolute Gasteiger partial charge is 0.339 e. The van der Waals surface area contributed by atoms with Gasteiger partial charge >= 0.3 is 0 Å². The highest BCUT2D eigenvalue weighted by molar-refractivity contribution is 6.00. The zero-order valence-electron chi connectivity index (χ0n) is 15.0. The van der Waals surface area contributed by atoms with Gasteiger partial charge in [0, 0.05) is 43.0 Å². The number of carbonyl (C=O) groups excluding carboxylic acids is 2. The first-order valence-corrected chi connectivity index (χ1v) is 9.58. The molecule has 1 amide bonds. The number of hydrogen-bond acceptors (Lipinski definition) is 3. The molecule has 2 aliphatic rings. The fraction of sp³-hybridized carbons (Fsp3) is 0.409. The Hall–Kier alpha value is -2.49. The third-order valence-electron chi connectivity index (χ3n) is 5.71. The maximum atomic E-state index is 12.9. The zero-order chi connectivity index (χ0) is 17.9. The van der Waals surface area contributed by atoms with Crippen molar-refractivity contribution in [2.75, 3.05) is 13.1 Å². The van der Waals surface area contributed by atoms with E-state index in [1.165, 1.54) is 5.56 Å². The summed E-state index contributed by atoms with van der Waals surface area (Å²) in [6.07, 6.45) is 9.13. The van der Waals surface area contributed by atoms with Crippen LogP contribution in [-0.4, -0.2) is 34.7 Å². The van der Waals surface area contributed by atoms with Crippen molar-refractivity contribution in [2.45, 2.75) is 44.4 Å². The third kappa shape index (κ3) is 3.41. The molecule has 0 radical (unpaired) electrons. The van der Waals surface area contributed by atoms with Crippen molar-refractivity contribution in [2.24, 2.45) is 0 Å². The van der Waals surface area contributed by atoms with Crippen LogP contribution in [0.1, 0.15) is 69.9 Å². The van der Waals surface area contributed by atoms with Gasteiger partial charge in [-0.2, -0.15) is 0 Å². The second-order valence-corrected chi connectivity index (χ2v) is 7.35. The number of aryl methyl sites for hydroxylation is 1. The lowest BCUT2D eigenvalue weighted by Gasteiger charge is -2.32. The van der Waals surface area contributed by atoms with E-state index in [1.807, 2.05) is 35.5 Å². The van der Waals surface area contributed by atoms with E-state index < -0.39 is 0 Å². The van der Waals surface area contributed by atoms with E-state index in [0.29, 0.717) is 12.3 Å². The molecule has 1 aromatic heterocycles. The number of hydrogen-bond donors (Lipinski definition) is 0. The predicted molar refractivity (Wildman–Crippen MR) is 100 cm³/mol. The van der Waals surface area contributed by atoms with E-state index in [9.17, 15) is 9.59 Å². The Morgan fingerprint density at radius 2 is 1.73 bits per heavy atom. The van der Waals surface area contributed by atoms with Crippen LogP contribution < -0.4 is 0 Å². The van der Waals surface area contributed by atoms with Gasteiger partial charge in [0.2, 0.25) is 0 Å². The molecule has 2 heterocycles. The average Bonchev–Trinajstić information content (AvgIpc) is 2.89. The summed E-state index contributed by atoms with van der Waals surface area (Å²) >= 11 is 0. The lowest BCUT2D eigenvalue weighted by Crippen LogP contribution is -2.38. The number of ketones is 1. The van der Waals surface area contributed by atoms with Crippen LogP contribution in [0.5, 0.6) is 0 Å². The number of aromatic nitrogens is 1. The highest BCUT2D eigenvalue weighted by Gasteiger charge is 2.25. The van der Waals surface area contributed by atoms with Gasteiger partial charge in [0.1, 0.15) is 0 Å². The van der Waals surface area contributed by atoms with Gasteiger partial charge < -0.3 is 4.90 Å². The standard InChI is InChI=1S/C22H24N2O2/c25-21-4-2-1-3-18-15-19(5-6-20(18)21)22(26)24-13-9-17(10-14-24)16-7-11-23-12-8-16/h5-8,11-12,15,17H,1-4,9-10,13-14H2. The molecule has 1 aliphatic carbocycles. The molecule has 1 fully saturated rings. The first kappa shape index (κ1) is 17.0. The monoisotopic (exact) mass is 348 g/mol. The first-order chi connectivity index (χ1) is 12.7. The van der Waals surface area contributed by atoms with E-state index in [0.717, 1.165) is 61.9 Å². The number of carbonyl (C=O) groups is 2. The quantitative estimate of drug-likeness (QED) is 0.771. The van der Waals surface area contributed by atoms with Gasteiger partial charge in [0.25, 0.3) is 5.91 Å². The van der Waals surface area contributed by atoms with Crippen LogP contribution in [-0.2, 0) is 6.42 Å². The van der Waals surface area contributed by atoms with Crippen molar-refractivity contribution in [1.29, 1.82) is 0 Å². The molecule has 4 rings (SSSR count). The molecule has 4 heteroatoms. The van der Waals surface area contributed by atoms with Crippen LogP contribution >= 0.6 is 0 Å². The van der Waals surface area contributed by atoms with Crippen LogP contribution in [0.2, 0.25) is 0 Å². The molecular weight excluding hydrogens is 324 g/mol. The van der Waals surface area contributed by atoms with Gasteiger partial charge in [-0.25, -0.2) is 0 Å². The molecule has 1 aliphatic heterocycles. The van der Waals surface area contributed by atoms with Crippen LogP contribution in [0.3, 0.4) is 0 Å². The number of fused-ring (bicyclic) bond motifs is 1. The summed E-state index contributed by atoms with van der Waals surface area (Å²) in [7, 11) is 0. The van der Waals surface area contributed by atoms with Gasteiger partial charge in [0.05, 0.1) is 0 Å². The van der Waals surface area contributed by atoms with E-state index in [4.69, 9.17) is 0 Å². The van der Waals surface area contributed by atoms with E-state index in [-0.39, 0.29) is 11.7 Å². The fourth-order valence-corrected chi connectivity index (χ4v) is 4.18. The molecule has 26 heavy (non-hydrogen) atoms. The lowest BCUT2D eigenvalue weighted by atomic mass is 9.89. The van der Waals surface area contributed by atoms with Crippen molar-refractivity contribution in [3.8, 4) is 0 Å². The minimum atomic E-state index is 0.0951. The van der Waals surface area contributed by atoms with Crippen molar-refractivity contribution in [3.05, 3.63) is 65.0 Å². The van der Waals surface area contributed by atoms with E-state index in [1.54, 1.807) is 0 Å². The van der Waals surface area contributed by atoms with Gasteiger partial charge in [0.15, 0.2) is 5.78 Å². The second-order valence-electron chi connectivity index (χ2n) is 7.35. The Bertz CT molecular complexity index is 808. The second kappa shape index (κ2) is 7.40. The van der Waals surface area contributed by atoms with Gasteiger partial charge in [-0.1, -0.05) is 6.07 Å². The normalized spacial score (nSPS) is 18.3. The smallest absolute Gasteiger partial charge is 0.253 e. The summed E-state index contributed by atoms with van der Waals surface area (Å²) in [5.74, 6) is 0.819. The van der Waals surface area contributed by atoms with E-state index >= 15 is 0 Å². The summed E-state index contributed by atoms with van der Waals surface area (Å²) in [6, 6.07) is 9.80. The van der Waals surface area contributed by atoms with Crippen molar-refractivity contribution >= 4 is 11.7 Å². The Labute approximate surface area is 154 Å². The Kier molecular flexibility index (Phi) is 4.83. The number of Topliss-reactive ketones (excluding diaryl/α,β-unsaturated/α-hetero) is 1. The molecule has 1 aromatic carbocycles. The Morgan fingerprint density at radius 1 is 1.00 bits per heavy atom. The minimum Gasteiger partial charge on any atom is -0.339 e. The number of pyridine rings is 1. The van der Waals surface area contributed by atoms with Crippen LogP contribution in [0.4, 0.5) is 0 Å². The summed E-state index contributed by atoms with van der Waals surface area (Å²) in [6.45, 7) is 1.56. The highest BCUT2D eigenvalue weighted by atomic mass is 16.2. The Morgan fingerprint density at radius 3 is 2.50 bits per heavy atom. The van der Waals surface area contributed by atoms with Gasteiger partial charge in [-0.05, 0) is 73.4 Å². The number of amides is 1. The molecule has 0 atom stereocenters. The molecule has 0 spiro atoms. The van der Waals surface area contributed by atoms with Crippen molar-refractivity contribution in [3.63, 3.8) is 0 Å². The fourth-order valence-electron chi connectivity index (χ4n) is 4.18. The van der Waals surface area contributed by atoms with Gasteiger partial charge in [-0.15, -0.1) is 0 Å². The summed E-state index contributed by atoms with van der Waals surface area (Å²) in [4.78, 5) is 31.1. The van der Waals surface area contributed by atoms with Crippen LogP contribution in [0.15, 0.2) is 42.7 Å². The summed E-state index contributed by atoms with van der Waals surface area (Å²) in [5, 5.41) is 0. The zero-order valence-corrected chi connectivity index (χ0v) is 15.0. The highest BCUT2D eigenvalue weighted by Crippen LogP contribution is 2.29. The Balaban J connectivity index is 1.46. The molecule has 0 N–H and O–H groups in total. The molecule has 0 bridgehead atoms. The maximum absolute atomic E-state index is 12.9. The minimum absolute atomic E-state index is 0.0951. The van der Waals surface area contributed by atoms with Crippen LogP contribution in [0.25, 0.3) is 0 Å². The number of rotatable bonds is 2. The lowest BCUT2D eigenvalue weighted by molar-refractivity contribution is 0.0712. The van der Waals surface area contributed by atoms with Crippen molar-refractivity contribution < 1.29 is 9.59 Å². The number of nitrogens with zero attached hydrogens (tertiary/aromatic N) is 2. The van der Waals surface area contributed by atoms with Gasteiger partial charge in [-0.3, -0.25) is 14.6 Å². The van der Waals surface area contributed by atoms with Crippen LogP contribution in [0, 0.1) is 0 Å². The predicted octanol–water partition coefficient (Wildman–Crippen LogP) is 4.01. The summed E-state index contributed by atoms with van der Waals surface area (Å²) in [5.41, 5.74) is 3.90. The maximum Gasteiger partial charge on any atom is 0.253 e. The molecule has 0 saturated carbocycles. The molecule has 0 unspecified atom stereocenters.